The van der Waals surface area contributed by atoms with Crippen LogP contribution in [0.3, 0.4) is 0 Å². The first-order valence-electron chi connectivity index (χ1n) is 6.96. The highest BCUT2D eigenvalue weighted by Crippen LogP contribution is 2.21. The highest BCUT2D eigenvalue weighted by atomic mass is 15.3. The molecule has 1 N–H and O–H groups in total. The van der Waals surface area contributed by atoms with E-state index >= 15 is 0 Å². The molecule has 2 aromatic rings. The summed E-state index contributed by atoms with van der Waals surface area (Å²) in [6, 6.07) is 6.97. The number of hydrogen-bond donors (Lipinski definition) is 1. The summed E-state index contributed by atoms with van der Waals surface area (Å²) in [5, 5.41) is 7.82. The van der Waals surface area contributed by atoms with Crippen LogP contribution in [0.25, 0.3) is 5.82 Å². The van der Waals surface area contributed by atoms with Gasteiger partial charge in [0.15, 0.2) is 5.82 Å². The van der Waals surface area contributed by atoms with E-state index in [9.17, 15) is 0 Å². The molecule has 1 saturated carbocycles. The van der Waals surface area contributed by atoms with Crippen LogP contribution in [-0.4, -0.2) is 20.8 Å². The first-order chi connectivity index (χ1) is 9.22. The van der Waals surface area contributed by atoms with Gasteiger partial charge in [0.05, 0.1) is 0 Å². The Balaban J connectivity index is 1.89. The molecule has 0 atom stereocenters. The van der Waals surface area contributed by atoms with Gasteiger partial charge in [-0.1, -0.05) is 13.8 Å². The second kappa shape index (κ2) is 5.13. The molecule has 0 saturated heterocycles. The summed E-state index contributed by atoms with van der Waals surface area (Å²) in [6.45, 7) is 5.27. The van der Waals surface area contributed by atoms with Crippen molar-refractivity contribution in [1.82, 2.24) is 20.1 Å². The second-order valence-corrected chi connectivity index (χ2v) is 5.52. The van der Waals surface area contributed by atoms with Gasteiger partial charge in [-0.2, -0.15) is 5.10 Å². The fraction of sp³-hybridized carbons (Fsp3) is 0.467. The van der Waals surface area contributed by atoms with E-state index in [1.54, 1.807) is 6.20 Å². The fourth-order valence-electron chi connectivity index (χ4n) is 2.06. The Morgan fingerprint density at radius 1 is 1.37 bits per heavy atom. The summed E-state index contributed by atoms with van der Waals surface area (Å²) in [6.07, 6.45) is 6.35. The number of nitrogens with one attached hydrogen (secondary N) is 1. The van der Waals surface area contributed by atoms with Crippen molar-refractivity contribution >= 4 is 0 Å². The summed E-state index contributed by atoms with van der Waals surface area (Å²) < 4.78 is 1.83. The van der Waals surface area contributed by atoms with Gasteiger partial charge >= 0.3 is 0 Å². The van der Waals surface area contributed by atoms with Gasteiger partial charge in [-0.15, -0.1) is 0 Å². The van der Waals surface area contributed by atoms with Crippen LogP contribution in [0.5, 0.6) is 0 Å². The first-order valence-corrected chi connectivity index (χ1v) is 6.96. The monoisotopic (exact) mass is 256 g/mol. The van der Waals surface area contributed by atoms with Gasteiger partial charge in [0.25, 0.3) is 0 Å². The molecule has 0 amide bonds. The van der Waals surface area contributed by atoms with Gasteiger partial charge < -0.3 is 5.32 Å². The van der Waals surface area contributed by atoms with Crippen molar-refractivity contribution in [2.45, 2.75) is 45.2 Å². The Morgan fingerprint density at radius 2 is 2.21 bits per heavy atom. The summed E-state index contributed by atoms with van der Waals surface area (Å²) in [5.41, 5.74) is 2.41. The molecule has 0 spiro atoms. The molecule has 1 aliphatic rings. The average molecular weight is 256 g/mol. The zero-order chi connectivity index (χ0) is 13.2. The Bertz CT molecular complexity index is 541. The normalized spacial score (nSPS) is 15.1. The van der Waals surface area contributed by atoms with Crippen LogP contribution in [0.4, 0.5) is 0 Å². The van der Waals surface area contributed by atoms with Crippen LogP contribution in [-0.2, 0) is 6.54 Å². The topological polar surface area (TPSA) is 42.7 Å². The molecule has 1 fully saturated rings. The van der Waals surface area contributed by atoms with Crippen LogP contribution in [0.15, 0.2) is 30.6 Å². The fourth-order valence-corrected chi connectivity index (χ4v) is 2.06. The molecule has 0 radical (unpaired) electrons. The molecular formula is C15H20N4. The molecule has 0 aliphatic heterocycles. The largest absolute Gasteiger partial charge is 0.310 e. The highest BCUT2D eigenvalue weighted by molar-refractivity contribution is 5.31. The van der Waals surface area contributed by atoms with Gasteiger partial charge in [0, 0.05) is 30.7 Å². The maximum absolute atomic E-state index is 4.69. The summed E-state index contributed by atoms with van der Waals surface area (Å²) in [7, 11) is 0. The maximum Gasteiger partial charge on any atom is 0.153 e. The third-order valence-corrected chi connectivity index (χ3v) is 3.39. The molecule has 100 valence electrons. The van der Waals surface area contributed by atoms with Gasteiger partial charge in [0.2, 0.25) is 0 Å². The number of nitrogens with zero attached hydrogens (tertiary/aromatic N) is 3. The van der Waals surface area contributed by atoms with Crippen molar-refractivity contribution in [3.05, 3.63) is 41.9 Å². The van der Waals surface area contributed by atoms with E-state index in [1.165, 1.54) is 18.4 Å². The lowest BCUT2D eigenvalue weighted by Gasteiger charge is -2.11. The number of pyridine rings is 1. The molecule has 0 aromatic carbocycles. The molecule has 0 bridgehead atoms. The predicted octanol–water partition coefficient (Wildman–Crippen LogP) is 2.64. The Kier molecular flexibility index (Phi) is 3.34. The van der Waals surface area contributed by atoms with Gasteiger partial charge in [-0.3, -0.25) is 0 Å². The number of aromatic nitrogens is 3. The Labute approximate surface area is 113 Å². The second-order valence-electron chi connectivity index (χ2n) is 5.52. The Morgan fingerprint density at radius 3 is 2.84 bits per heavy atom. The molecule has 19 heavy (non-hydrogen) atoms. The third kappa shape index (κ3) is 3.01. The van der Waals surface area contributed by atoms with E-state index in [0.717, 1.165) is 24.1 Å². The highest BCUT2D eigenvalue weighted by Gasteiger charge is 2.20. The zero-order valence-corrected chi connectivity index (χ0v) is 11.5. The van der Waals surface area contributed by atoms with E-state index in [-0.39, 0.29) is 0 Å². The Hall–Kier alpha value is -1.68. The lowest BCUT2D eigenvalue weighted by molar-refractivity contribution is 0.681. The molecule has 1 aliphatic carbocycles. The van der Waals surface area contributed by atoms with Crippen molar-refractivity contribution in [3.63, 3.8) is 0 Å². The van der Waals surface area contributed by atoms with Crippen LogP contribution < -0.4 is 5.32 Å². The van der Waals surface area contributed by atoms with Gasteiger partial charge in [0.1, 0.15) is 0 Å². The van der Waals surface area contributed by atoms with Crippen LogP contribution in [0.2, 0.25) is 0 Å². The third-order valence-electron chi connectivity index (χ3n) is 3.39. The first kappa shape index (κ1) is 12.4. The van der Waals surface area contributed by atoms with Crippen LogP contribution in [0, 0.1) is 0 Å². The van der Waals surface area contributed by atoms with Crippen molar-refractivity contribution < 1.29 is 0 Å². The molecular weight excluding hydrogens is 236 g/mol. The minimum absolute atomic E-state index is 0.426. The van der Waals surface area contributed by atoms with E-state index in [4.69, 9.17) is 4.98 Å². The molecule has 4 heteroatoms. The molecule has 2 heterocycles. The summed E-state index contributed by atoms with van der Waals surface area (Å²) in [5.74, 6) is 1.33. The van der Waals surface area contributed by atoms with Crippen LogP contribution in [0.1, 0.15) is 43.9 Å². The van der Waals surface area contributed by atoms with Crippen molar-refractivity contribution in [2.24, 2.45) is 0 Å². The van der Waals surface area contributed by atoms with Crippen molar-refractivity contribution in [1.29, 1.82) is 0 Å². The lowest BCUT2D eigenvalue weighted by atomic mass is 10.1. The predicted molar refractivity (Wildman–Crippen MR) is 75.3 cm³/mol. The molecule has 0 unspecified atom stereocenters. The minimum Gasteiger partial charge on any atom is -0.310 e. The molecule has 3 rings (SSSR count). The summed E-state index contributed by atoms with van der Waals surface area (Å²) >= 11 is 0. The van der Waals surface area contributed by atoms with E-state index in [2.05, 4.69) is 36.4 Å². The number of rotatable bonds is 5. The summed E-state index contributed by atoms with van der Waals surface area (Å²) in [4.78, 5) is 4.69. The number of hydrogen-bond acceptors (Lipinski definition) is 3. The van der Waals surface area contributed by atoms with E-state index in [0.29, 0.717) is 5.92 Å². The lowest BCUT2D eigenvalue weighted by Crippen LogP contribution is -2.16. The standard InChI is InChI=1S/C15H20N4/c1-11(2)14-8-12(10-16-13-4-5-13)9-15(18-14)19-7-3-6-17-19/h3,6-9,11,13,16H,4-5,10H2,1-2H3. The molecule has 2 aromatic heterocycles. The quantitative estimate of drug-likeness (QED) is 0.894. The molecule has 4 nitrogen and oxygen atoms in total. The van der Waals surface area contributed by atoms with E-state index in [1.807, 2.05) is 16.9 Å². The SMILES string of the molecule is CC(C)c1cc(CNC2CC2)cc(-n2cccn2)n1. The maximum atomic E-state index is 4.69. The van der Waals surface area contributed by atoms with E-state index < -0.39 is 0 Å². The van der Waals surface area contributed by atoms with Gasteiger partial charge in [-0.25, -0.2) is 9.67 Å². The average Bonchev–Trinajstić information content (AvgIpc) is 3.07. The van der Waals surface area contributed by atoms with Gasteiger partial charge in [-0.05, 0) is 42.5 Å². The van der Waals surface area contributed by atoms with Crippen molar-refractivity contribution in [3.8, 4) is 5.82 Å². The zero-order valence-electron chi connectivity index (χ0n) is 11.5. The smallest absolute Gasteiger partial charge is 0.153 e. The van der Waals surface area contributed by atoms with Crippen molar-refractivity contribution in [2.75, 3.05) is 0 Å². The van der Waals surface area contributed by atoms with Crippen LogP contribution >= 0.6 is 0 Å². The minimum atomic E-state index is 0.426.